The molecule has 0 bridgehead atoms. The molecule has 0 amide bonds. The predicted molar refractivity (Wildman–Crippen MR) is 127 cm³/mol. The zero-order chi connectivity index (χ0) is 23.6. The summed E-state index contributed by atoms with van der Waals surface area (Å²) in [6.45, 7) is 8.30. The molecule has 1 aromatic heterocycles. The molecule has 2 aliphatic heterocycles. The molecule has 8 heteroatoms. The lowest BCUT2D eigenvalue weighted by Crippen LogP contribution is -2.31. The molecule has 2 saturated heterocycles. The van der Waals surface area contributed by atoms with Crippen LogP contribution < -0.4 is 19.3 Å². The van der Waals surface area contributed by atoms with Gasteiger partial charge in [0, 0.05) is 32.5 Å². The number of hydrogen-bond acceptors (Lipinski definition) is 8. The van der Waals surface area contributed by atoms with Crippen LogP contribution in [0.2, 0.25) is 0 Å². The molecule has 2 aromatic rings. The van der Waals surface area contributed by atoms with E-state index in [0.29, 0.717) is 31.7 Å². The summed E-state index contributed by atoms with van der Waals surface area (Å²) in [6.07, 6.45) is 3.73. The number of Topliss-reactive ketones (excluding diaryl/α,β-unsaturated/α-hetero) is 1. The fourth-order valence-electron chi connectivity index (χ4n) is 4.75. The van der Waals surface area contributed by atoms with Crippen molar-refractivity contribution in [2.75, 3.05) is 43.1 Å². The fraction of sp³-hybridized carbons (Fsp3) is 0.560. The van der Waals surface area contributed by atoms with Gasteiger partial charge in [0.25, 0.3) is 0 Å². The largest absolute Gasteiger partial charge is 0.490 e. The number of benzene rings is 1. The van der Waals surface area contributed by atoms with E-state index in [2.05, 4.69) is 26.7 Å². The number of anilines is 2. The van der Waals surface area contributed by atoms with Crippen LogP contribution in [0.5, 0.6) is 11.5 Å². The molecule has 3 atom stereocenters. The Hall–Kier alpha value is -2.87. The summed E-state index contributed by atoms with van der Waals surface area (Å²) >= 11 is 0. The van der Waals surface area contributed by atoms with Gasteiger partial charge in [-0.1, -0.05) is 19.1 Å². The summed E-state index contributed by atoms with van der Waals surface area (Å²) in [7, 11) is 1.64. The van der Waals surface area contributed by atoms with Crippen LogP contribution in [0, 0.1) is 0 Å². The van der Waals surface area contributed by atoms with Crippen molar-refractivity contribution in [1.29, 1.82) is 0 Å². The maximum absolute atomic E-state index is 11.4. The lowest BCUT2D eigenvalue weighted by molar-refractivity contribution is -0.117. The maximum atomic E-state index is 11.4. The van der Waals surface area contributed by atoms with Crippen LogP contribution in [0.25, 0.3) is 0 Å². The number of methoxy groups -OCH3 is 1. The van der Waals surface area contributed by atoms with Crippen molar-refractivity contribution in [2.24, 2.45) is 0 Å². The number of rotatable bonds is 8. The summed E-state index contributed by atoms with van der Waals surface area (Å²) in [4.78, 5) is 24.6. The van der Waals surface area contributed by atoms with Gasteiger partial charge in [0.05, 0.1) is 19.3 Å². The Morgan fingerprint density at radius 1 is 1.21 bits per heavy atom. The second kappa shape index (κ2) is 9.55. The van der Waals surface area contributed by atoms with Crippen molar-refractivity contribution in [1.82, 2.24) is 9.97 Å². The Labute approximate surface area is 195 Å². The highest BCUT2D eigenvalue weighted by Crippen LogP contribution is 2.38. The predicted octanol–water partition coefficient (Wildman–Crippen LogP) is 3.19. The van der Waals surface area contributed by atoms with Crippen LogP contribution in [0.4, 0.5) is 11.6 Å². The molecular formula is C25H34N4O4. The molecule has 2 aliphatic rings. The van der Waals surface area contributed by atoms with Gasteiger partial charge in [-0.2, -0.15) is 0 Å². The third-order valence-corrected chi connectivity index (χ3v) is 6.51. The molecule has 3 heterocycles. The van der Waals surface area contributed by atoms with Gasteiger partial charge in [-0.05, 0) is 43.9 Å². The van der Waals surface area contributed by atoms with Crippen molar-refractivity contribution in [3.63, 3.8) is 0 Å². The summed E-state index contributed by atoms with van der Waals surface area (Å²) < 4.78 is 12.0. The number of carbonyl (C=O) groups is 1. The first-order valence-electron chi connectivity index (χ1n) is 11.6. The lowest BCUT2D eigenvalue weighted by Gasteiger charge is -2.25. The standard InChI is InChI=1S/C25H34N4O4/c1-17(13-18(2)30)19-5-7-20(8-6-19)33-21-9-11-28(14-21)23-22(32-4)24(27-16-26-23)29-12-10-25(3,31)15-29/h5-8,16-17,21,31H,9-15H2,1-4H3/t17-,21-,25?/m1/s1. The quantitative estimate of drug-likeness (QED) is 0.651. The normalized spacial score (nSPS) is 23.6. The molecule has 1 N–H and O–H groups in total. The van der Waals surface area contributed by atoms with Crippen molar-refractivity contribution < 1.29 is 19.4 Å². The van der Waals surface area contributed by atoms with E-state index in [1.165, 1.54) is 0 Å². The summed E-state index contributed by atoms with van der Waals surface area (Å²) in [6, 6.07) is 8.05. The van der Waals surface area contributed by atoms with Gasteiger partial charge in [0.1, 0.15) is 24.0 Å². The van der Waals surface area contributed by atoms with E-state index in [9.17, 15) is 9.90 Å². The van der Waals surface area contributed by atoms with Gasteiger partial charge in [0.15, 0.2) is 11.6 Å². The molecule has 2 fully saturated rings. The molecule has 0 aliphatic carbocycles. The smallest absolute Gasteiger partial charge is 0.204 e. The summed E-state index contributed by atoms with van der Waals surface area (Å²) in [5.74, 6) is 3.35. The maximum Gasteiger partial charge on any atom is 0.204 e. The topological polar surface area (TPSA) is 88.0 Å². The van der Waals surface area contributed by atoms with Gasteiger partial charge in [-0.15, -0.1) is 0 Å². The number of β-amino-alcohol motifs (C(OH)–C–C–N with tert-alkyl or cyclic N) is 1. The highest BCUT2D eigenvalue weighted by molar-refractivity contribution is 5.76. The fourth-order valence-corrected chi connectivity index (χ4v) is 4.75. The average molecular weight is 455 g/mol. The van der Waals surface area contributed by atoms with E-state index in [1.807, 2.05) is 31.2 Å². The Kier molecular flexibility index (Phi) is 6.74. The van der Waals surface area contributed by atoms with Crippen molar-refractivity contribution in [2.45, 2.75) is 57.7 Å². The second-order valence-electron chi connectivity index (χ2n) is 9.57. The molecule has 8 nitrogen and oxygen atoms in total. The Balaban J connectivity index is 1.42. The monoisotopic (exact) mass is 454 g/mol. The second-order valence-corrected chi connectivity index (χ2v) is 9.57. The minimum atomic E-state index is -0.720. The highest BCUT2D eigenvalue weighted by atomic mass is 16.5. The van der Waals surface area contributed by atoms with Crippen molar-refractivity contribution in [3.05, 3.63) is 36.2 Å². The molecular weight excluding hydrogens is 420 g/mol. The first-order valence-corrected chi connectivity index (χ1v) is 11.6. The third kappa shape index (κ3) is 5.38. The molecule has 1 aromatic carbocycles. The minimum absolute atomic E-state index is 0.0427. The van der Waals surface area contributed by atoms with Crippen molar-refractivity contribution >= 4 is 17.4 Å². The molecule has 4 rings (SSSR count). The lowest BCUT2D eigenvalue weighted by atomic mass is 9.96. The number of nitrogens with zero attached hydrogens (tertiary/aromatic N) is 4. The molecule has 33 heavy (non-hydrogen) atoms. The number of hydrogen-bond donors (Lipinski definition) is 1. The van der Waals surface area contributed by atoms with E-state index in [0.717, 1.165) is 42.5 Å². The van der Waals surface area contributed by atoms with Crippen LogP contribution >= 0.6 is 0 Å². The first-order chi connectivity index (χ1) is 15.8. The van der Waals surface area contributed by atoms with Gasteiger partial charge < -0.3 is 29.2 Å². The van der Waals surface area contributed by atoms with Gasteiger partial charge >= 0.3 is 0 Å². The third-order valence-electron chi connectivity index (χ3n) is 6.51. The SMILES string of the molecule is COc1c(N2CC[C@@H](Oc3ccc([C@H](C)CC(C)=O)cc3)C2)ncnc1N1CCC(C)(O)C1. The van der Waals surface area contributed by atoms with E-state index in [4.69, 9.17) is 9.47 Å². The van der Waals surface area contributed by atoms with Gasteiger partial charge in [-0.25, -0.2) is 9.97 Å². The van der Waals surface area contributed by atoms with E-state index in [1.54, 1.807) is 20.4 Å². The van der Waals surface area contributed by atoms with Crippen LogP contribution in [-0.4, -0.2) is 65.9 Å². The molecule has 1 unspecified atom stereocenters. The number of ketones is 1. The summed E-state index contributed by atoms with van der Waals surface area (Å²) in [5.41, 5.74) is 0.423. The van der Waals surface area contributed by atoms with Crippen LogP contribution in [-0.2, 0) is 4.79 Å². The van der Waals surface area contributed by atoms with Gasteiger partial charge in [-0.3, -0.25) is 0 Å². The summed E-state index contributed by atoms with van der Waals surface area (Å²) in [5, 5.41) is 10.4. The van der Waals surface area contributed by atoms with E-state index in [-0.39, 0.29) is 17.8 Å². The van der Waals surface area contributed by atoms with Crippen LogP contribution in [0.3, 0.4) is 0 Å². The first kappa shape index (κ1) is 23.3. The molecule has 0 saturated carbocycles. The minimum Gasteiger partial charge on any atom is -0.490 e. The van der Waals surface area contributed by atoms with Gasteiger partial charge in [0.2, 0.25) is 5.75 Å². The molecule has 0 radical (unpaired) electrons. The number of aliphatic hydroxyl groups is 1. The zero-order valence-electron chi connectivity index (χ0n) is 20.0. The van der Waals surface area contributed by atoms with E-state index >= 15 is 0 Å². The Morgan fingerprint density at radius 2 is 1.91 bits per heavy atom. The average Bonchev–Trinajstić information content (AvgIpc) is 3.39. The van der Waals surface area contributed by atoms with E-state index < -0.39 is 5.60 Å². The molecule has 178 valence electrons. The highest BCUT2D eigenvalue weighted by Gasteiger charge is 2.35. The van der Waals surface area contributed by atoms with Crippen LogP contribution in [0.1, 0.15) is 51.5 Å². The van der Waals surface area contributed by atoms with Crippen molar-refractivity contribution in [3.8, 4) is 11.5 Å². The number of aromatic nitrogens is 2. The number of carbonyl (C=O) groups excluding carboxylic acids is 1. The zero-order valence-corrected chi connectivity index (χ0v) is 20.0. The van der Waals surface area contributed by atoms with Crippen LogP contribution in [0.15, 0.2) is 30.6 Å². The Morgan fingerprint density at radius 3 is 2.52 bits per heavy atom. The number of ether oxygens (including phenoxy) is 2. The Bertz CT molecular complexity index is 979. The molecule has 0 spiro atoms.